The normalized spacial score (nSPS) is 15.2. The number of esters is 3. The maximum Gasteiger partial charge on any atom is 0.509 e. The lowest BCUT2D eigenvalue weighted by Gasteiger charge is -2.24. The van der Waals surface area contributed by atoms with E-state index in [1.165, 1.54) is 12.1 Å². The Hall–Kier alpha value is -3.14. The molecule has 0 saturated heterocycles. The molecular formula is C30H47NO9. The molecule has 0 heterocycles. The van der Waals surface area contributed by atoms with E-state index >= 15 is 0 Å². The Morgan fingerprint density at radius 2 is 1.27 bits per heavy atom. The predicted octanol–water partition coefficient (Wildman–Crippen LogP) is 5.51. The maximum absolute atomic E-state index is 12.7. The average Bonchev–Trinajstić information content (AvgIpc) is 2.84. The third-order valence-electron chi connectivity index (χ3n) is 6.07. The van der Waals surface area contributed by atoms with E-state index in [9.17, 15) is 19.2 Å². The molecule has 0 spiro atoms. The fourth-order valence-electron chi connectivity index (χ4n) is 3.59. The lowest BCUT2D eigenvalue weighted by molar-refractivity contribution is -0.156. The fourth-order valence-corrected chi connectivity index (χ4v) is 3.59. The highest BCUT2D eigenvalue weighted by atomic mass is 16.7. The number of hydrogen-bond donors (Lipinski definition) is 1. The zero-order chi connectivity index (χ0) is 30.6. The van der Waals surface area contributed by atoms with Crippen LogP contribution in [0.5, 0.6) is 11.5 Å². The highest BCUT2D eigenvalue weighted by Crippen LogP contribution is 2.31. The molecule has 0 radical (unpaired) electrons. The summed E-state index contributed by atoms with van der Waals surface area (Å²) in [7, 11) is 0. The monoisotopic (exact) mass is 565 g/mol. The van der Waals surface area contributed by atoms with Crippen LogP contribution in [0.2, 0.25) is 0 Å². The zero-order valence-corrected chi connectivity index (χ0v) is 25.4. The lowest BCUT2D eigenvalue weighted by atomic mass is 10.0. The van der Waals surface area contributed by atoms with Crippen molar-refractivity contribution >= 4 is 24.1 Å². The van der Waals surface area contributed by atoms with E-state index in [0.29, 0.717) is 18.4 Å². The quantitative estimate of drug-likeness (QED) is 0.227. The van der Waals surface area contributed by atoms with Crippen molar-refractivity contribution in [2.75, 3.05) is 0 Å². The molecule has 40 heavy (non-hydrogen) atoms. The van der Waals surface area contributed by atoms with Gasteiger partial charge in [-0.25, -0.2) is 4.79 Å². The van der Waals surface area contributed by atoms with Gasteiger partial charge in [-0.15, -0.1) is 0 Å². The topological polar surface area (TPSA) is 140 Å². The molecule has 2 N–H and O–H groups in total. The highest BCUT2D eigenvalue weighted by Gasteiger charge is 2.27. The van der Waals surface area contributed by atoms with E-state index in [-0.39, 0.29) is 29.8 Å². The molecule has 2 unspecified atom stereocenters. The van der Waals surface area contributed by atoms with Gasteiger partial charge in [0.25, 0.3) is 0 Å². The van der Waals surface area contributed by atoms with E-state index < -0.39 is 47.9 Å². The minimum atomic E-state index is -1.06. The van der Waals surface area contributed by atoms with Crippen LogP contribution in [0, 0.1) is 11.8 Å². The van der Waals surface area contributed by atoms with Gasteiger partial charge < -0.3 is 29.4 Å². The van der Waals surface area contributed by atoms with Crippen molar-refractivity contribution in [1.82, 2.24) is 0 Å². The molecule has 0 aromatic heterocycles. The van der Waals surface area contributed by atoms with Crippen molar-refractivity contribution in [2.24, 2.45) is 17.6 Å². The minimum Gasteiger partial charge on any atom is -0.458 e. The van der Waals surface area contributed by atoms with Crippen molar-refractivity contribution in [2.45, 2.75) is 118 Å². The van der Waals surface area contributed by atoms with Gasteiger partial charge >= 0.3 is 24.1 Å². The Morgan fingerprint density at radius 1 is 0.775 bits per heavy atom. The summed E-state index contributed by atoms with van der Waals surface area (Å²) in [5.74, 6) is -2.05. The number of rotatable bonds is 14. The molecule has 1 rings (SSSR count). The first-order valence-corrected chi connectivity index (χ1v) is 14.0. The third-order valence-corrected chi connectivity index (χ3v) is 6.07. The van der Waals surface area contributed by atoms with Crippen LogP contribution in [0.4, 0.5) is 4.79 Å². The van der Waals surface area contributed by atoms with E-state index in [1.54, 1.807) is 54.5 Å². The average molecular weight is 566 g/mol. The zero-order valence-electron chi connectivity index (χ0n) is 25.4. The number of benzene rings is 1. The van der Waals surface area contributed by atoms with Gasteiger partial charge in [-0.05, 0) is 71.6 Å². The Morgan fingerprint density at radius 3 is 1.77 bits per heavy atom. The number of hydrogen-bond acceptors (Lipinski definition) is 10. The van der Waals surface area contributed by atoms with E-state index in [4.69, 9.17) is 29.4 Å². The summed E-state index contributed by atoms with van der Waals surface area (Å²) < 4.78 is 26.9. The van der Waals surface area contributed by atoms with Crippen LogP contribution < -0.4 is 15.2 Å². The first-order chi connectivity index (χ1) is 18.6. The Balaban J connectivity index is 2.98. The van der Waals surface area contributed by atoms with Crippen LogP contribution in [-0.4, -0.2) is 47.9 Å². The molecule has 0 aliphatic carbocycles. The maximum atomic E-state index is 12.7. The molecule has 1 aromatic carbocycles. The SMILES string of the molecule is CCCC(C)C(=O)Oc1ccc(C[C@H](N)C(=O)O[C@@H](C)[C@H](C)OC(=O)OC(C)(C)C)cc1OC(=O)C(C)CCC. The van der Waals surface area contributed by atoms with Crippen LogP contribution in [-0.2, 0) is 35.0 Å². The van der Waals surface area contributed by atoms with Crippen LogP contribution in [0.3, 0.4) is 0 Å². The van der Waals surface area contributed by atoms with Crippen LogP contribution in [0.15, 0.2) is 18.2 Å². The predicted molar refractivity (Wildman–Crippen MR) is 150 cm³/mol. The fraction of sp³-hybridized carbons (Fsp3) is 0.667. The Labute approximate surface area is 238 Å². The van der Waals surface area contributed by atoms with E-state index in [0.717, 1.165) is 12.8 Å². The highest BCUT2D eigenvalue weighted by molar-refractivity contribution is 5.79. The molecule has 1 aromatic rings. The second-order valence-electron chi connectivity index (χ2n) is 11.2. The van der Waals surface area contributed by atoms with Crippen molar-refractivity contribution in [3.8, 4) is 11.5 Å². The summed E-state index contributed by atoms with van der Waals surface area (Å²) in [5, 5.41) is 0. The minimum absolute atomic E-state index is 0.0579. The van der Waals surface area contributed by atoms with Gasteiger partial charge in [0, 0.05) is 0 Å². The first-order valence-electron chi connectivity index (χ1n) is 14.0. The number of ether oxygens (including phenoxy) is 5. The molecule has 226 valence electrons. The van der Waals surface area contributed by atoms with Crippen molar-refractivity contribution < 1.29 is 42.9 Å². The molecule has 10 heteroatoms. The smallest absolute Gasteiger partial charge is 0.458 e. The molecule has 0 fully saturated rings. The molecule has 10 nitrogen and oxygen atoms in total. The second-order valence-corrected chi connectivity index (χ2v) is 11.2. The van der Waals surface area contributed by atoms with E-state index in [1.807, 2.05) is 13.8 Å². The largest absolute Gasteiger partial charge is 0.509 e. The Kier molecular flexibility index (Phi) is 14.1. The first kappa shape index (κ1) is 34.9. The van der Waals surface area contributed by atoms with Gasteiger partial charge in [0.05, 0.1) is 11.8 Å². The van der Waals surface area contributed by atoms with Gasteiger partial charge in [-0.1, -0.05) is 46.6 Å². The number of carbonyl (C=O) groups is 4. The van der Waals surface area contributed by atoms with Crippen molar-refractivity contribution in [3.63, 3.8) is 0 Å². The van der Waals surface area contributed by atoms with Crippen LogP contribution in [0.1, 0.15) is 93.6 Å². The third kappa shape index (κ3) is 12.4. The summed E-state index contributed by atoms with van der Waals surface area (Å²) in [6, 6.07) is 3.65. The van der Waals surface area contributed by atoms with Gasteiger partial charge in [-0.2, -0.15) is 0 Å². The molecule has 0 aliphatic rings. The lowest BCUT2D eigenvalue weighted by Crippen LogP contribution is -2.40. The molecular weight excluding hydrogens is 518 g/mol. The Bertz CT molecular complexity index is 1000. The van der Waals surface area contributed by atoms with Crippen LogP contribution >= 0.6 is 0 Å². The van der Waals surface area contributed by atoms with E-state index in [2.05, 4.69) is 0 Å². The molecule has 0 amide bonds. The standard InChI is InChI=1S/C30H47NO9/c1-10-12-18(3)26(32)38-24-15-14-22(17-25(24)39-27(33)19(4)13-11-2)16-23(31)28(34)36-20(5)21(6)37-29(35)40-30(7,8)9/h14-15,17-21,23H,10-13,16,31H2,1-9H3/t18?,19?,20-,21-,23-/m0/s1. The van der Waals surface area contributed by atoms with Gasteiger partial charge in [0.1, 0.15) is 23.9 Å². The van der Waals surface area contributed by atoms with Crippen LogP contribution in [0.25, 0.3) is 0 Å². The molecule has 0 aliphatic heterocycles. The van der Waals surface area contributed by atoms with Gasteiger partial charge in [-0.3, -0.25) is 14.4 Å². The summed E-state index contributed by atoms with van der Waals surface area (Å²) in [5.41, 5.74) is 5.96. The molecule has 0 bridgehead atoms. The molecule has 5 atom stereocenters. The van der Waals surface area contributed by atoms with Gasteiger partial charge in [0.15, 0.2) is 11.5 Å². The van der Waals surface area contributed by atoms with Gasteiger partial charge in [0.2, 0.25) is 0 Å². The summed E-state index contributed by atoms with van der Waals surface area (Å²) in [6.45, 7) is 15.8. The second kappa shape index (κ2) is 16.2. The van der Waals surface area contributed by atoms with Crippen molar-refractivity contribution in [3.05, 3.63) is 23.8 Å². The van der Waals surface area contributed by atoms with Crippen molar-refractivity contribution in [1.29, 1.82) is 0 Å². The number of nitrogens with two attached hydrogens (primary N) is 1. The molecule has 0 saturated carbocycles. The summed E-state index contributed by atoms with van der Waals surface area (Å²) >= 11 is 0. The summed E-state index contributed by atoms with van der Waals surface area (Å²) in [4.78, 5) is 49.8. The summed E-state index contributed by atoms with van der Waals surface area (Å²) in [6.07, 6.45) is 0.576. The number of carbonyl (C=O) groups excluding carboxylic acids is 4.